The number of hydrogen-bond acceptors (Lipinski definition) is 4. The summed E-state index contributed by atoms with van der Waals surface area (Å²) in [4.78, 5) is 29.9. The number of rotatable bonds is 4. The molecule has 0 spiro atoms. The van der Waals surface area contributed by atoms with Gasteiger partial charge in [0, 0.05) is 25.1 Å². The third kappa shape index (κ3) is 3.89. The van der Waals surface area contributed by atoms with E-state index in [1.165, 1.54) is 23.9 Å². The van der Waals surface area contributed by atoms with Gasteiger partial charge in [0.1, 0.15) is 11.6 Å². The Morgan fingerprint density at radius 1 is 1.17 bits per heavy atom. The molecule has 0 fully saturated rings. The van der Waals surface area contributed by atoms with E-state index in [-0.39, 0.29) is 29.6 Å². The monoisotopic (exact) mass is 423 g/mol. The summed E-state index contributed by atoms with van der Waals surface area (Å²) < 4.78 is 14.9. The van der Waals surface area contributed by atoms with Crippen LogP contribution in [0.5, 0.6) is 0 Å². The van der Waals surface area contributed by atoms with Crippen molar-refractivity contribution in [2.45, 2.75) is 37.1 Å². The molecule has 5 nitrogen and oxygen atoms in total. The number of amides is 1. The number of nitrogens with one attached hydrogen (secondary N) is 1. The molecule has 1 aliphatic heterocycles. The van der Waals surface area contributed by atoms with E-state index in [1.54, 1.807) is 23.7 Å². The highest BCUT2D eigenvalue weighted by atomic mass is 32.2. The number of fused-ring (bicyclic) bond motifs is 1. The van der Waals surface area contributed by atoms with Crippen LogP contribution < -0.4 is 10.9 Å². The minimum Gasteiger partial charge on any atom is -0.312 e. The molecule has 0 saturated carbocycles. The number of benzene rings is 2. The van der Waals surface area contributed by atoms with Crippen molar-refractivity contribution in [1.29, 1.82) is 0 Å². The molecule has 30 heavy (non-hydrogen) atoms. The third-order valence-electron chi connectivity index (χ3n) is 5.39. The van der Waals surface area contributed by atoms with Gasteiger partial charge in [0.2, 0.25) is 5.91 Å². The van der Waals surface area contributed by atoms with Crippen molar-refractivity contribution in [3.8, 4) is 0 Å². The second-order valence-electron chi connectivity index (χ2n) is 7.60. The fourth-order valence-electron chi connectivity index (χ4n) is 3.79. The molecule has 0 unspecified atom stereocenters. The minimum atomic E-state index is -0.324. The average Bonchev–Trinajstić information content (AvgIpc) is 2.72. The van der Waals surface area contributed by atoms with Gasteiger partial charge in [0.15, 0.2) is 5.16 Å². The lowest BCUT2D eigenvalue weighted by molar-refractivity contribution is -0.116. The largest absolute Gasteiger partial charge is 0.312 e. The molecule has 0 aliphatic carbocycles. The summed E-state index contributed by atoms with van der Waals surface area (Å²) in [5.41, 5.74) is 4.23. The number of anilines is 1. The first-order chi connectivity index (χ1) is 14.3. The predicted octanol–water partition coefficient (Wildman–Crippen LogP) is 4.30. The molecule has 1 aromatic heterocycles. The van der Waals surface area contributed by atoms with E-state index < -0.39 is 0 Å². The number of nitrogens with zero attached hydrogens (tertiary/aromatic N) is 2. The van der Waals surface area contributed by atoms with Gasteiger partial charge in [0.25, 0.3) is 5.56 Å². The van der Waals surface area contributed by atoms with Crippen molar-refractivity contribution in [1.82, 2.24) is 9.55 Å². The first kappa shape index (κ1) is 20.3. The molecule has 0 bridgehead atoms. The van der Waals surface area contributed by atoms with E-state index in [2.05, 4.69) is 10.3 Å². The first-order valence-electron chi connectivity index (χ1n) is 9.68. The highest BCUT2D eigenvalue weighted by Gasteiger charge is 2.32. The SMILES string of the molecule is Cc1ccc(C)c([C@H]2CC(=O)Nc3c2c(=O)nc(SCc2ccc(F)cc2)n3C)c1. The standard InChI is InChI=1S/C23H22FN3O2S/c1-13-4-5-14(2)17(10-13)18-11-19(28)25-21-20(18)22(29)26-23(27(21)3)30-12-15-6-8-16(24)9-7-15/h4-10,18H,11-12H2,1-3H3,(H,25,28)/t18-/m1/s1. The summed E-state index contributed by atoms with van der Waals surface area (Å²) in [7, 11) is 1.80. The van der Waals surface area contributed by atoms with E-state index in [0.29, 0.717) is 22.3 Å². The van der Waals surface area contributed by atoms with Gasteiger partial charge in [0.05, 0.1) is 5.56 Å². The maximum Gasteiger partial charge on any atom is 0.279 e. The topological polar surface area (TPSA) is 64.0 Å². The highest BCUT2D eigenvalue weighted by Crippen LogP contribution is 2.37. The van der Waals surface area contributed by atoms with Gasteiger partial charge in [-0.05, 0) is 42.7 Å². The van der Waals surface area contributed by atoms with E-state index >= 15 is 0 Å². The van der Waals surface area contributed by atoms with Gasteiger partial charge in [-0.1, -0.05) is 47.7 Å². The zero-order valence-electron chi connectivity index (χ0n) is 17.0. The molecule has 2 heterocycles. The van der Waals surface area contributed by atoms with Crippen LogP contribution in [0.2, 0.25) is 0 Å². The summed E-state index contributed by atoms with van der Waals surface area (Å²) in [6.45, 7) is 3.99. The van der Waals surface area contributed by atoms with Crippen molar-refractivity contribution >= 4 is 23.5 Å². The second-order valence-corrected chi connectivity index (χ2v) is 8.54. The van der Waals surface area contributed by atoms with Gasteiger partial charge < -0.3 is 9.88 Å². The Hall–Kier alpha value is -2.93. The Labute approximate surface area is 178 Å². The van der Waals surface area contributed by atoms with Crippen LogP contribution in [-0.4, -0.2) is 15.5 Å². The van der Waals surface area contributed by atoms with Crippen molar-refractivity contribution in [2.75, 3.05) is 5.32 Å². The Balaban J connectivity index is 1.74. The fraction of sp³-hybridized carbons (Fsp3) is 0.261. The normalized spacial score (nSPS) is 15.6. The molecule has 0 saturated heterocycles. The van der Waals surface area contributed by atoms with Crippen LogP contribution >= 0.6 is 11.8 Å². The van der Waals surface area contributed by atoms with Gasteiger partial charge in [-0.15, -0.1) is 0 Å². The van der Waals surface area contributed by atoms with E-state index in [1.807, 2.05) is 32.0 Å². The molecular weight excluding hydrogens is 401 g/mol. The van der Waals surface area contributed by atoms with Crippen LogP contribution in [0.1, 0.15) is 40.2 Å². The Bertz CT molecular complexity index is 1190. The average molecular weight is 424 g/mol. The molecule has 1 atom stereocenters. The lowest BCUT2D eigenvalue weighted by Crippen LogP contribution is -2.33. The molecule has 1 aliphatic rings. The second kappa shape index (κ2) is 8.07. The predicted molar refractivity (Wildman–Crippen MR) is 116 cm³/mol. The molecule has 0 radical (unpaired) electrons. The summed E-state index contributed by atoms with van der Waals surface area (Å²) in [5, 5.41) is 3.37. The van der Waals surface area contributed by atoms with Crippen molar-refractivity contribution in [2.24, 2.45) is 7.05 Å². The number of halogens is 1. The van der Waals surface area contributed by atoms with E-state index in [0.717, 1.165) is 22.3 Å². The van der Waals surface area contributed by atoms with Gasteiger partial charge in [-0.2, -0.15) is 4.98 Å². The lowest BCUT2D eigenvalue weighted by Gasteiger charge is -2.28. The number of carbonyl (C=O) groups excluding carboxylic acids is 1. The first-order valence-corrected chi connectivity index (χ1v) is 10.7. The third-order valence-corrected chi connectivity index (χ3v) is 6.49. The van der Waals surface area contributed by atoms with Crippen molar-refractivity contribution < 1.29 is 9.18 Å². The number of aromatic nitrogens is 2. The van der Waals surface area contributed by atoms with Crippen LogP contribution in [0.25, 0.3) is 0 Å². The number of carbonyl (C=O) groups is 1. The number of hydrogen-bond donors (Lipinski definition) is 1. The van der Waals surface area contributed by atoms with E-state index in [9.17, 15) is 14.0 Å². The minimum absolute atomic E-state index is 0.121. The fourth-order valence-corrected chi connectivity index (χ4v) is 4.71. The van der Waals surface area contributed by atoms with Gasteiger partial charge >= 0.3 is 0 Å². The molecule has 4 rings (SSSR count). The van der Waals surface area contributed by atoms with Crippen LogP contribution in [0.3, 0.4) is 0 Å². The zero-order valence-corrected chi connectivity index (χ0v) is 17.8. The smallest absolute Gasteiger partial charge is 0.279 e. The molecular formula is C23H22FN3O2S. The summed E-state index contributed by atoms with van der Waals surface area (Å²) in [5.74, 6) is 0.301. The highest BCUT2D eigenvalue weighted by molar-refractivity contribution is 7.98. The van der Waals surface area contributed by atoms with Gasteiger partial charge in [-0.3, -0.25) is 9.59 Å². The molecule has 3 aromatic rings. The van der Waals surface area contributed by atoms with Crippen LogP contribution in [0.4, 0.5) is 10.2 Å². The maximum atomic E-state index is 13.1. The Morgan fingerprint density at radius 3 is 2.63 bits per heavy atom. The van der Waals surface area contributed by atoms with Crippen molar-refractivity contribution in [3.63, 3.8) is 0 Å². The number of aryl methyl sites for hydroxylation is 2. The lowest BCUT2D eigenvalue weighted by atomic mass is 9.84. The summed E-state index contributed by atoms with van der Waals surface area (Å²) in [6, 6.07) is 12.3. The zero-order chi connectivity index (χ0) is 21.4. The molecule has 1 amide bonds. The van der Waals surface area contributed by atoms with Crippen LogP contribution in [-0.2, 0) is 17.6 Å². The summed E-state index contributed by atoms with van der Waals surface area (Å²) in [6.07, 6.45) is 0.219. The molecule has 2 aromatic carbocycles. The molecule has 7 heteroatoms. The van der Waals surface area contributed by atoms with Gasteiger partial charge in [-0.25, -0.2) is 4.39 Å². The summed E-state index contributed by atoms with van der Waals surface area (Å²) >= 11 is 1.37. The number of thioether (sulfide) groups is 1. The van der Waals surface area contributed by atoms with E-state index in [4.69, 9.17) is 0 Å². The van der Waals surface area contributed by atoms with Crippen LogP contribution in [0.15, 0.2) is 52.4 Å². The molecule has 154 valence electrons. The van der Waals surface area contributed by atoms with Crippen molar-refractivity contribution in [3.05, 3.63) is 86.5 Å². The Morgan fingerprint density at radius 2 is 1.90 bits per heavy atom. The van der Waals surface area contributed by atoms with Crippen LogP contribution in [0, 0.1) is 19.7 Å². The molecule has 1 N–H and O–H groups in total. The quantitative estimate of drug-likeness (QED) is 0.502. The maximum absolute atomic E-state index is 13.1. The Kier molecular flexibility index (Phi) is 5.47.